The number of nitrogens with zero attached hydrogens (tertiary/aromatic N) is 1. The normalized spacial score (nSPS) is 13.7. The summed E-state index contributed by atoms with van der Waals surface area (Å²) in [6, 6.07) is 6.10. The molecule has 2 heterocycles. The lowest BCUT2D eigenvalue weighted by atomic mass is 10.0. The molecule has 0 saturated heterocycles. The number of ether oxygens (including phenoxy) is 2. The van der Waals surface area contributed by atoms with Crippen LogP contribution in [0.25, 0.3) is 10.8 Å². The van der Waals surface area contributed by atoms with Crippen molar-refractivity contribution in [3.05, 3.63) is 30.1 Å². The highest BCUT2D eigenvalue weighted by atomic mass is 16.6. The van der Waals surface area contributed by atoms with Gasteiger partial charge in [0, 0.05) is 17.3 Å². The molecular weight excluding hydrogens is 240 g/mol. The highest BCUT2D eigenvalue weighted by molar-refractivity contribution is 5.88. The van der Waals surface area contributed by atoms with Crippen LogP contribution >= 0.6 is 0 Å². The van der Waals surface area contributed by atoms with Crippen molar-refractivity contribution in [3.8, 4) is 11.5 Å². The number of nitrogens with two attached hydrogens (primary N) is 1. The van der Waals surface area contributed by atoms with E-state index in [1.54, 1.807) is 0 Å². The molecule has 3 rings (SSSR count). The number of hydrogen-bond acceptors (Lipinski definition) is 4. The maximum absolute atomic E-state index is 5.64. The van der Waals surface area contributed by atoms with Crippen LogP contribution in [0, 0.1) is 0 Å². The Bertz CT molecular complexity index is 584. The Balaban J connectivity index is 1.98. The highest BCUT2D eigenvalue weighted by Crippen LogP contribution is 2.35. The SMILES string of the molecule is NCCCCc1nccc2cc3c(cc12)OCCO3. The summed E-state index contributed by atoms with van der Waals surface area (Å²) in [5.74, 6) is 1.66. The average Bonchev–Trinajstić information content (AvgIpc) is 2.46. The van der Waals surface area contributed by atoms with E-state index in [1.165, 1.54) is 0 Å². The number of aryl methyl sites for hydroxylation is 1. The third-order valence-corrected chi connectivity index (χ3v) is 3.38. The summed E-state index contributed by atoms with van der Waals surface area (Å²) in [6.07, 6.45) is 4.91. The van der Waals surface area contributed by atoms with Gasteiger partial charge in [0.05, 0.1) is 0 Å². The van der Waals surface area contributed by atoms with E-state index in [-0.39, 0.29) is 0 Å². The molecule has 0 amide bonds. The minimum absolute atomic E-state index is 0.612. The maximum atomic E-state index is 5.64. The van der Waals surface area contributed by atoms with Crippen molar-refractivity contribution in [1.82, 2.24) is 4.98 Å². The topological polar surface area (TPSA) is 57.4 Å². The van der Waals surface area contributed by atoms with Crippen molar-refractivity contribution in [2.75, 3.05) is 19.8 Å². The number of unbranched alkanes of at least 4 members (excludes halogenated alkanes) is 1. The van der Waals surface area contributed by atoms with Crippen molar-refractivity contribution in [3.63, 3.8) is 0 Å². The molecular formula is C15H18N2O2. The summed E-state index contributed by atoms with van der Waals surface area (Å²) in [7, 11) is 0. The van der Waals surface area contributed by atoms with Crippen LogP contribution in [0.2, 0.25) is 0 Å². The van der Waals surface area contributed by atoms with E-state index < -0.39 is 0 Å². The predicted octanol–water partition coefficient (Wildman–Crippen LogP) is 2.29. The lowest BCUT2D eigenvalue weighted by Crippen LogP contribution is -2.15. The second kappa shape index (κ2) is 5.45. The molecule has 0 bridgehead atoms. The summed E-state index contributed by atoms with van der Waals surface area (Å²) in [6.45, 7) is 1.96. The molecule has 0 atom stereocenters. The molecule has 1 aliphatic heterocycles. The minimum Gasteiger partial charge on any atom is -0.486 e. The first-order valence-corrected chi connectivity index (χ1v) is 6.76. The second-order valence-corrected chi connectivity index (χ2v) is 4.72. The van der Waals surface area contributed by atoms with Crippen LogP contribution in [-0.2, 0) is 6.42 Å². The Morgan fingerprint density at radius 2 is 1.89 bits per heavy atom. The van der Waals surface area contributed by atoms with Gasteiger partial charge in [0.1, 0.15) is 13.2 Å². The molecule has 0 spiro atoms. The Kier molecular flexibility index (Phi) is 3.51. The van der Waals surface area contributed by atoms with Gasteiger partial charge >= 0.3 is 0 Å². The molecule has 1 aromatic carbocycles. The smallest absolute Gasteiger partial charge is 0.162 e. The molecule has 0 radical (unpaired) electrons. The van der Waals surface area contributed by atoms with Gasteiger partial charge in [-0.25, -0.2) is 0 Å². The fraction of sp³-hybridized carbons (Fsp3) is 0.400. The zero-order valence-corrected chi connectivity index (χ0v) is 10.9. The van der Waals surface area contributed by atoms with Crippen LogP contribution < -0.4 is 15.2 Å². The van der Waals surface area contributed by atoms with Crippen molar-refractivity contribution in [2.24, 2.45) is 5.73 Å². The number of pyridine rings is 1. The second-order valence-electron chi connectivity index (χ2n) is 4.72. The van der Waals surface area contributed by atoms with Crippen molar-refractivity contribution in [1.29, 1.82) is 0 Å². The molecule has 19 heavy (non-hydrogen) atoms. The van der Waals surface area contributed by atoms with Gasteiger partial charge in [-0.15, -0.1) is 0 Å². The quantitative estimate of drug-likeness (QED) is 0.855. The molecule has 4 heteroatoms. The lowest BCUT2D eigenvalue weighted by Gasteiger charge is -2.19. The fourth-order valence-electron chi connectivity index (χ4n) is 2.41. The average molecular weight is 258 g/mol. The first-order valence-electron chi connectivity index (χ1n) is 6.76. The molecule has 2 aromatic rings. The molecule has 0 aliphatic carbocycles. The first-order chi connectivity index (χ1) is 9.38. The van der Waals surface area contributed by atoms with Crippen LogP contribution in [0.4, 0.5) is 0 Å². The van der Waals surface area contributed by atoms with E-state index in [9.17, 15) is 0 Å². The van der Waals surface area contributed by atoms with Crippen LogP contribution in [0.5, 0.6) is 11.5 Å². The lowest BCUT2D eigenvalue weighted by molar-refractivity contribution is 0.172. The summed E-state index contributed by atoms with van der Waals surface area (Å²) in [5, 5.41) is 2.31. The van der Waals surface area contributed by atoms with E-state index in [0.717, 1.165) is 53.8 Å². The van der Waals surface area contributed by atoms with Gasteiger partial charge in [-0.1, -0.05) is 0 Å². The monoisotopic (exact) mass is 258 g/mol. The largest absolute Gasteiger partial charge is 0.486 e. The minimum atomic E-state index is 0.612. The van der Waals surface area contributed by atoms with Crippen molar-refractivity contribution in [2.45, 2.75) is 19.3 Å². The summed E-state index contributed by atoms with van der Waals surface area (Å²) in [5.41, 5.74) is 6.65. The number of rotatable bonds is 4. The molecule has 1 aromatic heterocycles. The van der Waals surface area contributed by atoms with Gasteiger partial charge in [-0.3, -0.25) is 4.98 Å². The van der Waals surface area contributed by atoms with E-state index in [1.807, 2.05) is 18.3 Å². The van der Waals surface area contributed by atoms with Crippen LogP contribution in [0.1, 0.15) is 18.5 Å². The number of fused-ring (bicyclic) bond motifs is 2. The standard InChI is InChI=1S/C15H18N2O2/c16-5-2-1-3-13-12-10-15-14(18-7-8-19-15)9-11(12)4-6-17-13/h4,6,9-10H,1-3,5,7-8,16H2. The Labute approximate surface area is 112 Å². The molecule has 2 N–H and O–H groups in total. The number of benzene rings is 1. The van der Waals surface area contributed by atoms with E-state index in [2.05, 4.69) is 11.1 Å². The van der Waals surface area contributed by atoms with E-state index in [4.69, 9.17) is 15.2 Å². The zero-order chi connectivity index (χ0) is 13.1. The number of aromatic nitrogens is 1. The zero-order valence-electron chi connectivity index (χ0n) is 10.9. The van der Waals surface area contributed by atoms with E-state index >= 15 is 0 Å². The van der Waals surface area contributed by atoms with Gasteiger partial charge in [-0.05, 0) is 49.4 Å². The van der Waals surface area contributed by atoms with Gasteiger partial charge in [0.15, 0.2) is 11.5 Å². The summed E-state index contributed by atoms with van der Waals surface area (Å²) < 4.78 is 11.2. The van der Waals surface area contributed by atoms with Crippen LogP contribution in [0.15, 0.2) is 24.4 Å². The molecule has 4 nitrogen and oxygen atoms in total. The predicted molar refractivity (Wildman–Crippen MR) is 74.7 cm³/mol. The Morgan fingerprint density at radius 3 is 2.68 bits per heavy atom. The van der Waals surface area contributed by atoms with Gasteiger partial charge in [0.2, 0.25) is 0 Å². The van der Waals surface area contributed by atoms with Gasteiger partial charge < -0.3 is 15.2 Å². The first kappa shape index (κ1) is 12.2. The Morgan fingerprint density at radius 1 is 1.11 bits per heavy atom. The maximum Gasteiger partial charge on any atom is 0.162 e. The molecule has 100 valence electrons. The van der Waals surface area contributed by atoms with Gasteiger partial charge in [-0.2, -0.15) is 0 Å². The Hall–Kier alpha value is -1.81. The summed E-state index contributed by atoms with van der Waals surface area (Å²) >= 11 is 0. The third kappa shape index (κ3) is 2.49. The van der Waals surface area contributed by atoms with E-state index in [0.29, 0.717) is 13.2 Å². The number of hydrogen-bond donors (Lipinski definition) is 1. The van der Waals surface area contributed by atoms with Crippen molar-refractivity contribution >= 4 is 10.8 Å². The molecule has 0 saturated carbocycles. The van der Waals surface area contributed by atoms with Crippen LogP contribution in [0.3, 0.4) is 0 Å². The molecule has 1 aliphatic rings. The van der Waals surface area contributed by atoms with Crippen LogP contribution in [-0.4, -0.2) is 24.7 Å². The highest BCUT2D eigenvalue weighted by Gasteiger charge is 2.14. The third-order valence-electron chi connectivity index (χ3n) is 3.38. The fourth-order valence-corrected chi connectivity index (χ4v) is 2.41. The summed E-state index contributed by atoms with van der Waals surface area (Å²) in [4.78, 5) is 4.49. The van der Waals surface area contributed by atoms with Crippen molar-refractivity contribution < 1.29 is 9.47 Å². The van der Waals surface area contributed by atoms with Gasteiger partial charge in [0.25, 0.3) is 0 Å². The molecule has 0 unspecified atom stereocenters. The molecule has 0 fully saturated rings.